The minimum Gasteiger partial charge on any atom is -0.267 e. The van der Waals surface area contributed by atoms with Crippen LogP contribution in [-0.4, -0.2) is 17.1 Å². The number of rotatable bonds is 3. The average molecular weight is 269 g/mol. The fraction of sp³-hybridized carbons (Fsp3) is 0.438. The number of carbonyl (C=O) groups excluding carboxylic acids is 1. The normalized spacial score (nSPS) is 26.8. The van der Waals surface area contributed by atoms with Crippen LogP contribution in [0.25, 0.3) is 0 Å². The second kappa shape index (κ2) is 4.85. The number of fused-ring (bicyclic) bond motifs is 1. The van der Waals surface area contributed by atoms with Crippen LogP contribution in [0.5, 0.6) is 0 Å². The average Bonchev–Trinajstić information content (AvgIpc) is 2.48. The van der Waals surface area contributed by atoms with Gasteiger partial charge in [0.15, 0.2) is 0 Å². The molecule has 2 unspecified atom stereocenters. The molecule has 4 heteroatoms. The topological polar surface area (TPSA) is 54.4 Å². The van der Waals surface area contributed by atoms with Crippen LogP contribution in [0.3, 0.4) is 0 Å². The molecule has 0 spiro atoms. The van der Waals surface area contributed by atoms with Crippen LogP contribution >= 0.6 is 0 Å². The molecule has 1 saturated carbocycles. The molecule has 104 valence electrons. The molecule has 0 saturated heterocycles. The van der Waals surface area contributed by atoms with Crippen LogP contribution < -0.4 is 5.43 Å². The summed E-state index contributed by atoms with van der Waals surface area (Å²) in [4.78, 5) is 15.7. The molecule has 3 aliphatic carbocycles. The molecule has 20 heavy (non-hydrogen) atoms. The third kappa shape index (κ3) is 2.15. The monoisotopic (exact) mass is 269 g/mol. The Morgan fingerprint density at radius 3 is 2.85 bits per heavy atom. The summed E-state index contributed by atoms with van der Waals surface area (Å²) >= 11 is 0. The van der Waals surface area contributed by atoms with Crippen molar-refractivity contribution in [1.82, 2.24) is 10.4 Å². The van der Waals surface area contributed by atoms with Gasteiger partial charge in [-0.3, -0.25) is 9.78 Å². The zero-order valence-electron chi connectivity index (χ0n) is 11.8. The zero-order valence-corrected chi connectivity index (χ0v) is 11.8. The highest BCUT2D eigenvalue weighted by molar-refractivity contribution is 5.94. The van der Waals surface area contributed by atoms with E-state index < -0.39 is 0 Å². The van der Waals surface area contributed by atoms with Crippen molar-refractivity contribution in [3.05, 3.63) is 41.7 Å². The molecule has 1 heterocycles. The molecule has 1 aromatic rings. The molecule has 1 amide bonds. The first-order valence-electron chi connectivity index (χ1n) is 7.02. The van der Waals surface area contributed by atoms with Crippen LogP contribution in [0.2, 0.25) is 0 Å². The fourth-order valence-corrected chi connectivity index (χ4v) is 3.28. The Balaban J connectivity index is 1.62. The van der Waals surface area contributed by atoms with Gasteiger partial charge in [0, 0.05) is 18.0 Å². The maximum absolute atomic E-state index is 11.8. The Kier molecular flexibility index (Phi) is 3.16. The number of hydrogen-bond donors (Lipinski definition) is 1. The van der Waals surface area contributed by atoms with Gasteiger partial charge in [0.1, 0.15) is 0 Å². The number of amides is 1. The molecule has 2 atom stereocenters. The molecule has 0 radical (unpaired) electrons. The minimum absolute atomic E-state index is 0.203. The smallest absolute Gasteiger partial charge is 0.267 e. The van der Waals surface area contributed by atoms with Gasteiger partial charge >= 0.3 is 0 Å². The van der Waals surface area contributed by atoms with Gasteiger partial charge < -0.3 is 0 Å². The second-order valence-corrected chi connectivity index (χ2v) is 6.18. The van der Waals surface area contributed by atoms with E-state index in [9.17, 15) is 4.79 Å². The molecular formula is C16H19N3O. The molecule has 1 aromatic heterocycles. The fourth-order valence-electron chi connectivity index (χ4n) is 3.28. The summed E-state index contributed by atoms with van der Waals surface area (Å²) < 4.78 is 0. The van der Waals surface area contributed by atoms with Gasteiger partial charge in [0.25, 0.3) is 5.91 Å². The molecular weight excluding hydrogens is 250 g/mol. The number of hydrazone groups is 1. The summed E-state index contributed by atoms with van der Waals surface area (Å²) in [5.74, 6) is 1.20. The Morgan fingerprint density at radius 2 is 2.20 bits per heavy atom. The van der Waals surface area contributed by atoms with Crippen molar-refractivity contribution in [3.63, 3.8) is 0 Å². The van der Waals surface area contributed by atoms with E-state index in [-0.39, 0.29) is 5.91 Å². The number of nitrogens with zero attached hydrogens (tertiary/aromatic N) is 2. The molecule has 1 N–H and O–H groups in total. The Bertz CT molecular complexity index is 575. The zero-order chi connectivity index (χ0) is 14.2. The largest absolute Gasteiger partial charge is 0.271 e. The molecule has 4 nitrogen and oxygen atoms in total. The van der Waals surface area contributed by atoms with Gasteiger partial charge in [-0.2, -0.15) is 5.10 Å². The predicted octanol–water partition coefficient (Wildman–Crippen LogP) is 2.79. The van der Waals surface area contributed by atoms with Gasteiger partial charge in [0.2, 0.25) is 0 Å². The summed E-state index contributed by atoms with van der Waals surface area (Å²) in [6, 6.07) is 3.34. The summed E-state index contributed by atoms with van der Waals surface area (Å²) in [6.45, 7) is 4.64. The van der Waals surface area contributed by atoms with Gasteiger partial charge in [0.05, 0.1) is 6.21 Å². The highest BCUT2D eigenvalue weighted by atomic mass is 16.2. The number of aromatic nitrogens is 1. The highest BCUT2D eigenvalue weighted by Gasteiger charge is 2.50. The van der Waals surface area contributed by atoms with Crippen LogP contribution in [0.1, 0.15) is 37.0 Å². The van der Waals surface area contributed by atoms with Crippen LogP contribution in [-0.2, 0) is 0 Å². The lowest BCUT2D eigenvalue weighted by atomic mass is 9.49. The lowest BCUT2D eigenvalue weighted by molar-refractivity contribution is -0.00126. The Labute approximate surface area is 119 Å². The molecule has 2 bridgehead atoms. The maximum atomic E-state index is 11.8. The summed E-state index contributed by atoms with van der Waals surface area (Å²) in [5.41, 5.74) is 4.78. The van der Waals surface area contributed by atoms with E-state index in [1.54, 1.807) is 30.7 Å². The summed E-state index contributed by atoms with van der Waals surface area (Å²) in [7, 11) is 0. The minimum atomic E-state index is -0.203. The van der Waals surface area contributed by atoms with Gasteiger partial charge in [-0.15, -0.1) is 0 Å². The first kappa shape index (κ1) is 13.0. The first-order valence-corrected chi connectivity index (χ1v) is 7.02. The lowest BCUT2D eigenvalue weighted by Crippen LogP contribution is -2.48. The van der Waals surface area contributed by atoms with Crippen molar-refractivity contribution < 1.29 is 4.79 Å². The van der Waals surface area contributed by atoms with E-state index in [0.717, 1.165) is 12.3 Å². The number of nitrogens with one attached hydrogen (secondary N) is 1. The van der Waals surface area contributed by atoms with Crippen LogP contribution in [0.4, 0.5) is 0 Å². The van der Waals surface area contributed by atoms with Crippen LogP contribution in [0.15, 0.2) is 41.3 Å². The van der Waals surface area contributed by atoms with Crippen molar-refractivity contribution in [2.75, 3.05) is 0 Å². The Hall–Kier alpha value is -1.97. The molecule has 1 fully saturated rings. The van der Waals surface area contributed by atoms with Gasteiger partial charge in [-0.05, 0) is 47.8 Å². The highest BCUT2D eigenvalue weighted by Crippen LogP contribution is 2.58. The van der Waals surface area contributed by atoms with Crippen molar-refractivity contribution in [3.8, 4) is 0 Å². The van der Waals surface area contributed by atoms with E-state index in [0.29, 0.717) is 16.9 Å². The lowest BCUT2D eigenvalue weighted by Gasteiger charge is -2.55. The standard InChI is InChI=1S/C16H19N3O/c1-16(2)13-4-3-12(14(16)9-13)10-18-19-15(20)11-5-7-17-8-6-11/h3,5-8,10,13-14H,4,9H2,1-2H3,(H,19,20). The van der Waals surface area contributed by atoms with Gasteiger partial charge in [-0.1, -0.05) is 19.9 Å². The van der Waals surface area contributed by atoms with Crippen molar-refractivity contribution in [1.29, 1.82) is 0 Å². The first-order chi connectivity index (χ1) is 9.59. The van der Waals surface area contributed by atoms with Crippen molar-refractivity contribution >= 4 is 12.1 Å². The SMILES string of the molecule is CC1(C)C2CC=C(C=NNC(=O)c3ccncc3)C1C2. The van der Waals surface area contributed by atoms with E-state index in [1.807, 2.05) is 0 Å². The second-order valence-electron chi connectivity index (χ2n) is 6.18. The molecule has 4 rings (SSSR count). The number of pyridine rings is 1. The third-order valence-corrected chi connectivity index (χ3v) is 4.83. The van der Waals surface area contributed by atoms with E-state index in [2.05, 4.69) is 35.4 Å². The van der Waals surface area contributed by atoms with E-state index in [4.69, 9.17) is 0 Å². The van der Waals surface area contributed by atoms with Crippen molar-refractivity contribution in [2.24, 2.45) is 22.4 Å². The summed E-state index contributed by atoms with van der Waals surface area (Å²) in [6.07, 6.45) is 9.64. The maximum Gasteiger partial charge on any atom is 0.271 e. The molecule has 0 aliphatic heterocycles. The molecule has 0 aromatic carbocycles. The predicted molar refractivity (Wildman–Crippen MR) is 78.3 cm³/mol. The Morgan fingerprint density at radius 1 is 1.45 bits per heavy atom. The number of hydrogen-bond acceptors (Lipinski definition) is 3. The van der Waals surface area contributed by atoms with Gasteiger partial charge in [-0.25, -0.2) is 5.43 Å². The number of carbonyl (C=O) groups is 1. The summed E-state index contributed by atoms with van der Waals surface area (Å²) in [5, 5.41) is 4.10. The quantitative estimate of drug-likeness (QED) is 0.677. The third-order valence-electron chi connectivity index (χ3n) is 4.83. The van der Waals surface area contributed by atoms with E-state index in [1.165, 1.54) is 12.0 Å². The van der Waals surface area contributed by atoms with Crippen molar-refractivity contribution in [2.45, 2.75) is 26.7 Å². The van der Waals surface area contributed by atoms with Crippen LogP contribution in [0, 0.1) is 17.3 Å². The molecule has 3 aliphatic rings. The van der Waals surface area contributed by atoms with E-state index >= 15 is 0 Å². The number of allylic oxidation sites excluding steroid dienone is 2.